The predicted octanol–water partition coefficient (Wildman–Crippen LogP) is 3.72. The minimum atomic E-state index is -0.343. The first-order valence-electron chi connectivity index (χ1n) is 7.89. The minimum absolute atomic E-state index is 0.137. The maximum absolute atomic E-state index is 12.9. The van der Waals surface area contributed by atoms with Gasteiger partial charge in [-0.3, -0.25) is 4.79 Å². The Bertz CT molecular complexity index is 691. The molecule has 0 bridgehead atoms. The zero-order valence-corrected chi connectivity index (χ0v) is 14.4. The molecule has 0 amide bonds. The maximum atomic E-state index is 12.9. The van der Waals surface area contributed by atoms with Gasteiger partial charge in [0.1, 0.15) is 5.82 Å². The quantitative estimate of drug-likeness (QED) is 0.572. The Morgan fingerprint density at radius 3 is 2.17 bits per heavy atom. The first-order valence-corrected chi connectivity index (χ1v) is 7.89. The Morgan fingerprint density at radius 1 is 0.958 bits per heavy atom. The number of carbonyl (C=O) groups excluding carboxylic acids is 1. The normalized spacial score (nSPS) is 11.2. The third kappa shape index (κ3) is 5.32. The van der Waals surface area contributed by atoms with Gasteiger partial charge in [0.25, 0.3) is 0 Å². The summed E-state index contributed by atoms with van der Waals surface area (Å²) in [7, 11) is 6.17. The number of anilines is 1. The second kappa shape index (κ2) is 8.41. The van der Waals surface area contributed by atoms with Gasteiger partial charge in [0.15, 0.2) is 5.78 Å². The summed E-state index contributed by atoms with van der Waals surface area (Å²) in [5, 5.41) is 0. The summed E-state index contributed by atoms with van der Waals surface area (Å²) in [6.07, 6.45) is 3.29. The molecule has 0 fully saturated rings. The Kier molecular flexibility index (Phi) is 6.27. The van der Waals surface area contributed by atoms with Crippen molar-refractivity contribution in [2.75, 3.05) is 39.1 Å². The monoisotopic (exact) mass is 326 g/mol. The van der Waals surface area contributed by atoms with Gasteiger partial charge in [0, 0.05) is 31.4 Å². The first kappa shape index (κ1) is 17.9. The van der Waals surface area contributed by atoms with E-state index in [1.165, 1.54) is 30.3 Å². The van der Waals surface area contributed by atoms with Crippen LogP contribution in [0.15, 0.2) is 54.6 Å². The van der Waals surface area contributed by atoms with Gasteiger partial charge in [0.2, 0.25) is 0 Å². The molecule has 126 valence electrons. The number of hydrogen-bond donors (Lipinski definition) is 0. The third-order valence-electron chi connectivity index (χ3n) is 3.77. The molecule has 0 heterocycles. The van der Waals surface area contributed by atoms with E-state index in [9.17, 15) is 9.18 Å². The molecule has 0 aliphatic carbocycles. The van der Waals surface area contributed by atoms with Gasteiger partial charge in [-0.05, 0) is 62.1 Å². The zero-order chi connectivity index (χ0) is 17.5. The van der Waals surface area contributed by atoms with Crippen LogP contribution in [0, 0.1) is 5.82 Å². The van der Waals surface area contributed by atoms with Crippen LogP contribution in [0.25, 0.3) is 6.08 Å². The van der Waals surface area contributed by atoms with E-state index in [4.69, 9.17) is 0 Å². The van der Waals surface area contributed by atoms with Gasteiger partial charge in [-0.15, -0.1) is 0 Å². The lowest BCUT2D eigenvalue weighted by molar-refractivity contribution is 0.104. The first-order chi connectivity index (χ1) is 11.5. The molecule has 0 unspecified atom stereocenters. The van der Waals surface area contributed by atoms with E-state index in [1.807, 2.05) is 24.3 Å². The second-order valence-electron chi connectivity index (χ2n) is 6.02. The van der Waals surface area contributed by atoms with Crippen LogP contribution in [0.3, 0.4) is 0 Å². The molecule has 0 saturated carbocycles. The van der Waals surface area contributed by atoms with E-state index in [0.29, 0.717) is 5.56 Å². The van der Waals surface area contributed by atoms with Crippen molar-refractivity contribution in [3.8, 4) is 0 Å². The van der Waals surface area contributed by atoms with Gasteiger partial charge in [-0.1, -0.05) is 18.2 Å². The van der Waals surface area contributed by atoms with Crippen LogP contribution < -0.4 is 4.90 Å². The van der Waals surface area contributed by atoms with Gasteiger partial charge in [-0.25, -0.2) is 4.39 Å². The largest absolute Gasteiger partial charge is 0.373 e. The van der Waals surface area contributed by atoms with Crippen molar-refractivity contribution in [1.82, 2.24) is 4.90 Å². The SMILES string of the molecule is CN(C)CCN(C)c1ccc(C=CC(=O)c2ccc(F)cc2)cc1. The fourth-order valence-electron chi connectivity index (χ4n) is 2.20. The van der Waals surface area contributed by atoms with Gasteiger partial charge in [-0.2, -0.15) is 0 Å². The van der Waals surface area contributed by atoms with Gasteiger partial charge in [0.05, 0.1) is 0 Å². The summed E-state index contributed by atoms with van der Waals surface area (Å²) < 4.78 is 12.9. The highest BCUT2D eigenvalue weighted by Crippen LogP contribution is 2.15. The number of ketones is 1. The summed E-state index contributed by atoms with van der Waals surface area (Å²) in [5.41, 5.74) is 2.57. The fourth-order valence-corrected chi connectivity index (χ4v) is 2.20. The molecule has 0 atom stereocenters. The van der Waals surface area contributed by atoms with Crippen molar-refractivity contribution in [2.45, 2.75) is 0 Å². The van der Waals surface area contributed by atoms with Crippen LogP contribution in [0.1, 0.15) is 15.9 Å². The zero-order valence-electron chi connectivity index (χ0n) is 14.4. The summed E-state index contributed by atoms with van der Waals surface area (Å²) in [4.78, 5) is 16.4. The lowest BCUT2D eigenvalue weighted by Gasteiger charge is -2.21. The van der Waals surface area contributed by atoms with Crippen molar-refractivity contribution in [3.63, 3.8) is 0 Å². The number of benzene rings is 2. The van der Waals surface area contributed by atoms with E-state index in [2.05, 4.69) is 30.9 Å². The molecule has 3 nitrogen and oxygen atoms in total. The molecule has 0 aromatic heterocycles. The molecule has 0 aliphatic rings. The summed E-state index contributed by atoms with van der Waals surface area (Å²) in [6.45, 7) is 1.94. The average molecular weight is 326 g/mol. The molecule has 24 heavy (non-hydrogen) atoms. The predicted molar refractivity (Wildman–Crippen MR) is 98.0 cm³/mol. The second-order valence-corrected chi connectivity index (χ2v) is 6.02. The Hall–Kier alpha value is -2.46. The smallest absolute Gasteiger partial charge is 0.185 e. The number of carbonyl (C=O) groups is 1. The summed E-state index contributed by atoms with van der Waals surface area (Å²) >= 11 is 0. The van der Waals surface area contributed by atoms with E-state index in [-0.39, 0.29) is 11.6 Å². The number of hydrogen-bond acceptors (Lipinski definition) is 3. The van der Waals surface area contributed by atoms with Crippen molar-refractivity contribution in [3.05, 3.63) is 71.6 Å². The number of nitrogens with zero attached hydrogens (tertiary/aromatic N) is 2. The number of halogens is 1. The van der Waals surface area contributed by atoms with Crippen LogP contribution in [-0.4, -0.2) is 44.9 Å². The van der Waals surface area contributed by atoms with Crippen LogP contribution in [0.5, 0.6) is 0 Å². The number of allylic oxidation sites excluding steroid dienone is 1. The Balaban J connectivity index is 1.98. The van der Waals surface area contributed by atoms with Crippen molar-refractivity contribution >= 4 is 17.5 Å². The molecular weight excluding hydrogens is 303 g/mol. The Labute approximate surface area is 143 Å². The van der Waals surface area contributed by atoms with Crippen LogP contribution >= 0.6 is 0 Å². The van der Waals surface area contributed by atoms with Crippen molar-refractivity contribution in [2.24, 2.45) is 0 Å². The van der Waals surface area contributed by atoms with Gasteiger partial charge < -0.3 is 9.80 Å². The third-order valence-corrected chi connectivity index (χ3v) is 3.77. The molecule has 0 radical (unpaired) electrons. The van der Waals surface area contributed by atoms with E-state index >= 15 is 0 Å². The standard InChI is InChI=1S/C20H23FN2O/c1-22(2)14-15-23(3)19-11-4-16(5-12-19)6-13-20(24)17-7-9-18(21)10-8-17/h4-13H,14-15H2,1-3H3. The van der Waals surface area contributed by atoms with E-state index in [0.717, 1.165) is 24.3 Å². The van der Waals surface area contributed by atoms with Crippen LogP contribution in [-0.2, 0) is 0 Å². The summed E-state index contributed by atoms with van der Waals surface area (Å²) in [5.74, 6) is -0.480. The van der Waals surface area contributed by atoms with Crippen LogP contribution in [0.2, 0.25) is 0 Å². The number of rotatable bonds is 7. The maximum Gasteiger partial charge on any atom is 0.185 e. The minimum Gasteiger partial charge on any atom is -0.373 e. The highest BCUT2D eigenvalue weighted by molar-refractivity contribution is 6.06. The van der Waals surface area contributed by atoms with E-state index < -0.39 is 0 Å². The lowest BCUT2D eigenvalue weighted by atomic mass is 10.1. The van der Waals surface area contributed by atoms with Gasteiger partial charge >= 0.3 is 0 Å². The average Bonchev–Trinajstić information content (AvgIpc) is 2.58. The molecule has 2 rings (SSSR count). The highest BCUT2D eigenvalue weighted by atomic mass is 19.1. The summed E-state index contributed by atoms with van der Waals surface area (Å²) in [6, 6.07) is 13.6. The molecule has 2 aromatic carbocycles. The molecule has 0 saturated heterocycles. The van der Waals surface area contributed by atoms with E-state index in [1.54, 1.807) is 6.08 Å². The highest BCUT2D eigenvalue weighted by Gasteiger charge is 2.03. The molecule has 0 aliphatic heterocycles. The fraction of sp³-hybridized carbons (Fsp3) is 0.250. The molecular formula is C20H23FN2O. The Morgan fingerprint density at radius 2 is 1.58 bits per heavy atom. The van der Waals surface area contributed by atoms with Crippen molar-refractivity contribution < 1.29 is 9.18 Å². The topological polar surface area (TPSA) is 23.6 Å². The van der Waals surface area contributed by atoms with Crippen LogP contribution in [0.4, 0.5) is 10.1 Å². The molecule has 2 aromatic rings. The number of likely N-dealkylation sites (N-methyl/N-ethyl adjacent to an activating group) is 2. The molecule has 0 spiro atoms. The lowest BCUT2D eigenvalue weighted by Crippen LogP contribution is -2.28. The molecule has 4 heteroatoms. The molecule has 0 N–H and O–H groups in total. The van der Waals surface area contributed by atoms with Crippen molar-refractivity contribution in [1.29, 1.82) is 0 Å².